The summed E-state index contributed by atoms with van der Waals surface area (Å²) < 4.78 is 47.9. The fourth-order valence-electron chi connectivity index (χ4n) is 2.78. The van der Waals surface area contributed by atoms with Gasteiger partial charge in [-0.05, 0) is 35.9 Å². The molecule has 0 aliphatic heterocycles. The maximum Gasteiger partial charge on any atom is 0.238 e. The van der Waals surface area contributed by atoms with E-state index in [1.54, 1.807) is 12.3 Å². The number of hydrogen-bond donors (Lipinski definition) is 2. The minimum Gasteiger partial charge on any atom is -0.372 e. The van der Waals surface area contributed by atoms with Crippen LogP contribution in [-0.4, -0.2) is 28.1 Å². The minimum atomic E-state index is -4.04. The number of sulfonamides is 1. The molecule has 3 N–H and O–H groups in total. The summed E-state index contributed by atoms with van der Waals surface area (Å²) in [5, 5.41) is 8.34. The zero-order valence-electron chi connectivity index (χ0n) is 15.0. The fraction of sp³-hybridized carbons (Fsp3) is 0.105. The average molecular weight is 418 g/mol. The number of hydrogen-bond acceptors (Lipinski definition) is 6. The van der Waals surface area contributed by atoms with Gasteiger partial charge in [-0.1, -0.05) is 36.4 Å². The second kappa shape index (κ2) is 7.70. The number of anilines is 1. The third-order valence-electron chi connectivity index (χ3n) is 4.10. The first-order valence-electron chi connectivity index (χ1n) is 8.25. The SMILES string of the molecule is CS(=O)(=O)c1cc(S(N)(=O)=O)ccc1NC(c1ccccc1)c1ccccn1. The molecule has 0 saturated carbocycles. The van der Waals surface area contributed by atoms with Crippen LogP contribution >= 0.6 is 0 Å². The molecule has 0 spiro atoms. The zero-order chi connectivity index (χ0) is 20.4. The summed E-state index contributed by atoms with van der Waals surface area (Å²) in [6.45, 7) is 0. The highest BCUT2D eigenvalue weighted by Crippen LogP contribution is 2.30. The molecule has 0 aliphatic carbocycles. The fourth-order valence-corrected chi connectivity index (χ4v) is 4.26. The van der Waals surface area contributed by atoms with Crippen LogP contribution in [0.25, 0.3) is 0 Å². The van der Waals surface area contributed by atoms with E-state index in [4.69, 9.17) is 5.14 Å². The summed E-state index contributed by atoms with van der Waals surface area (Å²) in [7, 11) is -7.77. The summed E-state index contributed by atoms with van der Waals surface area (Å²) in [5.41, 5.74) is 1.81. The van der Waals surface area contributed by atoms with E-state index in [1.165, 1.54) is 12.1 Å². The predicted molar refractivity (Wildman–Crippen MR) is 107 cm³/mol. The number of rotatable bonds is 6. The van der Waals surface area contributed by atoms with Crippen molar-refractivity contribution in [1.29, 1.82) is 0 Å². The van der Waals surface area contributed by atoms with Gasteiger partial charge in [0, 0.05) is 12.5 Å². The van der Waals surface area contributed by atoms with E-state index in [1.807, 2.05) is 42.5 Å². The Morgan fingerprint density at radius 2 is 1.61 bits per heavy atom. The van der Waals surface area contributed by atoms with Crippen LogP contribution in [0.1, 0.15) is 17.3 Å². The monoisotopic (exact) mass is 417 g/mol. The van der Waals surface area contributed by atoms with Crippen LogP contribution in [0.2, 0.25) is 0 Å². The average Bonchev–Trinajstić information content (AvgIpc) is 2.66. The largest absolute Gasteiger partial charge is 0.372 e. The van der Waals surface area contributed by atoms with Gasteiger partial charge >= 0.3 is 0 Å². The summed E-state index contributed by atoms with van der Waals surface area (Å²) in [6.07, 6.45) is 2.66. The summed E-state index contributed by atoms with van der Waals surface area (Å²) in [5.74, 6) is 0. The van der Waals surface area contributed by atoms with Gasteiger partial charge in [0.1, 0.15) is 0 Å². The number of benzene rings is 2. The van der Waals surface area contributed by atoms with Crippen LogP contribution in [0, 0.1) is 0 Å². The Morgan fingerprint density at radius 3 is 2.18 bits per heavy atom. The molecule has 146 valence electrons. The Bertz CT molecular complexity index is 1140. The normalized spacial score (nSPS) is 13.1. The molecule has 0 bridgehead atoms. The van der Waals surface area contributed by atoms with Crippen molar-refractivity contribution in [3.8, 4) is 0 Å². The standard InChI is InChI=1S/C19H19N3O4S2/c1-27(23,24)18-13-15(28(20,25)26)10-11-16(18)22-19(14-7-3-2-4-8-14)17-9-5-6-12-21-17/h2-13,19,22H,1H3,(H2,20,25,26). The molecule has 1 unspecified atom stereocenters. The lowest BCUT2D eigenvalue weighted by atomic mass is 10.0. The van der Waals surface area contributed by atoms with Crippen molar-refractivity contribution < 1.29 is 16.8 Å². The van der Waals surface area contributed by atoms with Gasteiger partial charge in [-0.15, -0.1) is 0 Å². The quantitative estimate of drug-likeness (QED) is 0.635. The Morgan fingerprint density at radius 1 is 0.929 bits per heavy atom. The van der Waals surface area contributed by atoms with Crippen LogP contribution < -0.4 is 10.5 Å². The van der Waals surface area contributed by atoms with Crippen molar-refractivity contribution in [2.75, 3.05) is 11.6 Å². The van der Waals surface area contributed by atoms with Crippen molar-refractivity contribution in [2.24, 2.45) is 5.14 Å². The molecular formula is C19H19N3O4S2. The first kappa shape index (κ1) is 20.0. The van der Waals surface area contributed by atoms with Crippen molar-refractivity contribution in [3.05, 3.63) is 84.2 Å². The summed E-state index contributed by atoms with van der Waals surface area (Å²) >= 11 is 0. The highest BCUT2D eigenvalue weighted by atomic mass is 32.2. The lowest BCUT2D eigenvalue weighted by molar-refractivity contribution is 0.597. The van der Waals surface area contributed by atoms with Crippen LogP contribution in [0.4, 0.5) is 5.69 Å². The number of nitrogens with one attached hydrogen (secondary N) is 1. The lowest BCUT2D eigenvalue weighted by Crippen LogP contribution is -2.17. The van der Waals surface area contributed by atoms with E-state index in [0.717, 1.165) is 17.9 Å². The van der Waals surface area contributed by atoms with Crippen LogP contribution in [0.15, 0.2) is 82.7 Å². The first-order valence-corrected chi connectivity index (χ1v) is 11.7. The first-order chi connectivity index (χ1) is 13.2. The molecule has 0 aliphatic rings. The number of nitrogens with two attached hydrogens (primary N) is 1. The Balaban J connectivity index is 2.13. The van der Waals surface area contributed by atoms with Crippen molar-refractivity contribution in [2.45, 2.75) is 15.8 Å². The number of aromatic nitrogens is 1. The van der Waals surface area contributed by atoms with Crippen LogP contribution in [-0.2, 0) is 19.9 Å². The molecule has 1 atom stereocenters. The molecule has 0 amide bonds. The molecule has 0 radical (unpaired) electrons. The molecule has 7 nitrogen and oxygen atoms in total. The summed E-state index contributed by atoms with van der Waals surface area (Å²) in [4.78, 5) is 3.95. The van der Waals surface area contributed by atoms with Gasteiger partial charge in [0.15, 0.2) is 9.84 Å². The molecule has 0 fully saturated rings. The van der Waals surface area contributed by atoms with E-state index in [0.29, 0.717) is 5.69 Å². The number of primary sulfonamides is 1. The van der Waals surface area contributed by atoms with Gasteiger partial charge in [0.2, 0.25) is 10.0 Å². The molecule has 1 aromatic heterocycles. The van der Waals surface area contributed by atoms with Gasteiger partial charge in [0.05, 0.1) is 27.2 Å². The van der Waals surface area contributed by atoms with E-state index in [9.17, 15) is 16.8 Å². The maximum absolute atomic E-state index is 12.3. The Hall–Kier alpha value is -2.75. The van der Waals surface area contributed by atoms with E-state index >= 15 is 0 Å². The number of nitrogens with zero attached hydrogens (tertiary/aromatic N) is 1. The molecule has 9 heteroatoms. The van der Waals surface area contributed by atoms with Crippen molar-refractivity contribution in [3.63, 3.8) is 0 Å². The van der Waals surface area contributed by atoms with Crippen molar-refractivity contribution >= 4 is 25.5 Å². The molecule has 0 saturated heterocycles. The van der Waals surface area contributed by atoms with E-state index in [2.05, 4.69) is 10.3 Å². The Labute approximate surface area is 164 Å². The van der Waals surface area contributed by atoms with Gasteiger partial charge in [0.25, 0.3) is 0 Å². The number of sulfone groups is 1. The van der Waals surface area contributed by atoms with Crippen molar-refractivity contribution in [1.82, 2.24) is 4.98 Å². The topological polar surface area (TPSA) is 119 Å². The molecule has 28 heavy (non-hydrogen) atoms. The second-order valence-electron chi connectivity index (χ2n) is 6.22. The van der Waals surface area contributed by atoms with Gasteiger partial charge < -0.3 is 5.32 Å². The maximum atomic E-state index is 12.3. The smallest absolute Gasteiger partial charge is 0.238 e. The van der Waals surface area contributed by atoms with Crippen LogP contribution in [0.3, 0.4) is 0 Å². The second-order valence-corrected chi connectivity index (χ2v) is 9.76. The predicted octanol–water partition coefficient (Wildman–Crippen LogP) is 2.33. The van der Waals surface area contributed by atoms with E-state index < -0.39 is 25.9 Å². The minimum absolute atomic E-state index is 0.157. The third-order valence-corrected chi connectivity index (χ3v) is 6.15. The van der Waals surface area contributed by atoms with Gasteiger partial charge in [-0.3, -0.25) is 4.98 Å². The van der Waals surface area contributed by atoms with Crippen LogP contribution in [0.5, 0.6) is 0 Å². The third kappa shape index (κ3) is 4.56. The molecule has 2 aromatic carbocycles. The highest BCUT2D eigenvalue weighted by molar-refractivity contribution is 7.91. The summed E-state index contributed by atoms with van der Waals surface area (Å²) in [6, 6.07) is 18.1. The van der Waals surface area contributed by atoms with Gasteiger partial charge in [-0.25, -0.2) is 22.0 Å². The molecule has 3 aromatic rings. The Kier molecular flexibility index (Phi) is 5.50. The molecule has 3 rings (SSSR count). The molecule has 1 heterocycles. The molecular weight excluding hydrogens is 398 g/mol. The lowest BCUT2D eigenvalue weighted by Gasteiger charge is -2.22. The van der Waals surface area contributed by atoms with Gasteiger partial charge in [-0.2, -0.15) is 0 Å². The highest BCUT2D eigenvalue weighted by Gasteiger charge is 2.22. The number of pyridine rings is 1. The van der Waals surface area contributed by atoms with E-state index in [-0.39, 0.29) is 15.5 Å². The zero-order valence-corrected chi connectivity index (χ0v) is 16.6.